The fourth-order valence-corrected chi connectivity index (χ4v) is 3.19. The van der Waals surface area contributed by atoms with Crippen molar-refractivity contribution in [3.8, 4) is 0 Å². The number of nitrogens with zero attached hydrogens (tertiary/aromatic N) is 1. The summed E-state index contributed by atoms with van der Waals surface area (Å²) < 4.78 is 15.5. The summed E-state index contributed by atoms with van der Waals surface area (Å²) in [6.45, 7) is 0.986. The van der Waals surface area contributed by atoms with Crippen LogP contribution in [0.4, 0.5) is 4.39 Å². The summed E-state index contributed by atoms with van der Waals surface area (Å²) in [5, 5.41) is 4.67. The van der Waals surface area contributed by atoms with Crippen molar-refractivity contribution < 1.29 is 4.39 Å². The third-order valence-electron chi connectivity index (χ3n) is 4.22. The number of rotatable bonds is 4. The van der Waals surface area contributed by atoms with E-state index in [2.05, 4.69) is 16.1 Å². The van der Waals surface area contributed by atoms with Gasteiger partial charge in [0, 0.05) is 30.2 Å². The fourth-order valence-electron chi connectivity index (χ4n) is 3.19. The topological polar surface area (TPSA) is 17.0 Å². The van der Waals surface area contributed by atoms with Gasteiger partial charge in [0.15, 0.2) is 0 Å². The van der Waals surface area contributed by atoms with Gasteiger partial charge >= 0.3 is 0 Å². The van der Waals surface area contributed by atoms with Crippen LogP contribution >= 0.6 is 0 Å². The number of halogens is 1. The lowest BCUT2D eigenvalue weighted by Crippen LogP contribution is -2.27. The van der Waals surface area contributed by atoms with Crippen molar-refractivity contribution >= 4 is 10.9 Å². The van der Waals surface area contributed by atoms with Crippen molar-refractivity contribution in [2.75, 3.05) is 6.54 Å². The molecule has 0 bridgehead atoms. The molecule has 102 valence electrons. The number of aryl methyl sites for hydroxylation is 1. The predicted octanol–water partition coefficient (Wildman–Crippen LogP) is 3.39. The predicted molar refractivity (Wildman–Crippen MR) is 76.8 cm³/mol. The lowest BCUT2D eigenvalue weighted by atomic mass is 10.1. The van der Waals surface area contributed by atoms with Crippen molar-refractivity contribution in [3.05, 3.63) is 35.8 Å². The van der Waals surface area contributed by atoms with E-state index in [0.717, 1.165) is 23.9 Å². The first-order valence-electron chi connectivity index (χ1n) is 7.21. The molecule has 0 saturated heterocycles. The third-order valence-corrected chi connectivity index (χ3v) is 4.22. The normalized spacial score (nSPS) is 16.5. The van der Waals surface area contributed by atoms with Crippen LogP contribution in [-0.2, 0) is 13.5 Å². The van der Waals surface area contributed by atoms with Crippen molar-refractivity contribution in [2.24, 2.45) is 7.05 Å². The molecule has 1 saturated carbocycles. The molecule has 0 radical (unpaired) electrons. The van der Waals surface area contributed by atoms with Gasteiger partial charge in [0.05, 0.1) is 0 Å². The molecule has 1 aromatic carbocycles. The van der Waals surface area contributed by atoms with E-state index in [9.17, 15) is 4.39 Å². The molecule has 1 heterocycles. The minimum atomic E-state index is -0.149. The first-order valence-corrected chi connectivity index (χ1v) is 7.21. The Morgan fingerprint density at radius 3 is 2.89 bits per heavy atom. The van der Waals surface area contributed by atoms with Gasteiger partial charge in [0.2, 0.25) is 0 Å². The van der Waals surface area contributed by atoms with E-state index in [4.69, 9.17) is 0 Å². The highest BCUT2D eigenvalue weighted by atomic mass is 19.1. The molecular formula is C16H21FN2. The van der Waals surface area contributed by atoms with Crippen LogP contribution in [0.1, 0.15) is 31.2 Å². The molecule has 2 aromatic rings. The number of hydrogen-bond donors (Lipinski definition) is 1. The van der Waals surface area contributed by atoms with E-state index in [-0.39, 0.29) is 5.82 Å². The molecule has 0 unspecified atom stereocenters. The van der Waals surface area contributed by atoms with Crippen LogP contribution in [0.3, 0.4) is 0 Å². The number of benzene rings is 1. The smallest absolute Gasteiger partial charge is 0.123 e. The largest absolute Gasteiger partial charge is 0.350 e. The van der Waals surface area contributed by atoms with Crippen molar-refractivity contribution in [3.63, 3.8) is 0 Å². The van der Waals surface area contributed by atoms with Crippen LogP contribution in [0.25, 0.3) is 10.9 Å². The summed E-state index contributed by atoms with van der Waals surface area (Å²) in [6.07, 6.45) is 8.43. The Bertz CT molecular complexity index is 567. The molecular weight excluding hydrogens is 239 g/mol. The van der Waals surface area contributed by atoms with Gasteiger partial charge < -0.3 is 9.88 Å². The summed E-state index contributed by atoms with van der Waals surface area (Å²) in [7, 11) is 2.02. The molecule has 1 aliphatic carbocycles. The van der Waals surface area contributed by atoms with Crippen LogP contribution < -0.4 is 5.32 Å². The average molecular weight is 260 g/mol. The monoisotopic (exact) mass is 260 g/mol. The second-order valence-corrected chi connectivity index (χ2v) is 5.61. The van der Waals surface area contributed by atoms with Gasteiger partial charge in [-0.2, -0.15) is 0 Å². The maximum Gasteiger partial charge on any atom is 0.123 e. The highest BCUT2D eigenvalue weighted by Gasteiger charge is 2.14. The average Bonchev–Trinajstić information content (AvgIpc) is 2.99. The molecule has 1 N–H and O–H groups in total. The maximum atomic E-state index is 13.4. The van der Waals surface area contributed by atoms with E-state index < -0.39 is 0 Å². The van der Waals surface area contributed by atoms with E-state index in [1.54, 1.807) is 6.07 Å². The van der Waals surface area contributed by atoms with Crippen LogP contribution in [0, 0.1) is 5.82 Å². The van der Waals surface area contributed by atoms with Crippen LogP contribution in [0.15, 0.2) is 24.4 Å². The standard InChI is InChI=1S/C16H21FN2/c1-19-11-12(8-9-18-14-4-2-3-5-14)15-10-13(17)6-7-16(15)19/h6-7,10-11,14,18H,2-5,8-9H2,1H3. The van der Waals surface area contributed by atoms with E-state index in [1.807, 2.05) is 13.1 Å². The lowest BCUT2D eigenvalue weighted by molar-refractivity contribution is 0.528. The van der Waals surface area contributed by atoms with Gasteiger partial charge in [-0.05, 0) is 49.6 Å². The van der Waals surface area contributed by atoms with Crippen LogP contribution in [0.2, 0.25) is 0 Å². The first kappa shape index (κ1) is 12.7. The molecule has 3 rings (SSSR count). The molecule has 1 fully saturated rings. The highest BCUT2D eigenvalue weighted by Crippen LogP contribution is 2.22. The van der Waals surface area contributed by atoms with E-state index in [0.29, 0.717) is 6.04 Å². The second kappa shape index (κ2) is 5.33. The zero-order valence-corrected chi connectivity index (χ0v) is 11.5. The van der Waals surface area contributed by atoms with Gasteiger partial charge in [-0.3, -0.25) is 0 Å². The Balaban J connectivity index is 1.71. The van der Waals surface area contributed by atoms with Gasteiger partial charge in [-0.25, -0.2) is 4.39 Å². The molecule has 3 heteroatoms. The fraction of sp³-hybridized carbons (Fsp3) is 0.500. The Hall–Kier alpha value is -1.35. The molecule has 19 heavy (non-hydrogen) atoms. The van der Waals surface area contributed by atoms with E-state index in [1.165, 1.54) is 37.3 Å². The van der Waals surface area contributed by atoms with Crippen LogP contribution in [-0.4, -0.2) is 17.2 Å². The van der Waals surface area contributed by atoms with Crippen molar-refractivity contribution in [1.82, 2.24) is 9.88 Å². The molecule has 1 aromatic heterocycles. The summed E-state index contributed by atoms with van der Waals surface area (Å²) in [5.41, 5.74) is 2.35. The first-order chi connectivity index (χ1) is 9.24. The summed E-state index contributed by atoms with van der Waals surface area (Å²) >= 11 is 0. The maximum absolute atomic E-state index is 13.4. The Morgan fingerprint density at radius 1 is 1.32 bits per heavy atom. The van der Waals surface area contributed by atoms with Crippen molar-refractivity contribution in [2.45, 2.75) is 38.1 Å². The Kier molecular flexibility index (Phi) is 3.56. The molecule has 2 nitrogen and oxygen atoms in total. The zero-order chi connectivity index (χ0) is 13.2. The molecule has 0 spiro atoms. The Labute approximate surface area is 113 Å². The van der Waals surface area contributed by atoms with Crippen LogP contribution in [0.5, 0.6) is 0 Å². The summed E-state index contributed by atoms with van der Waals surface area (Å²) in [5.74, 6) is -0.149. The molecule has 1 aliphatic rings. The number of aromatic nitrogens is 1. The zero-order valence-electron chi connectivity index (χ0n) is 11.5. The summed E-state index contributed by atoms with van der Waals surface area (Å²) in [6, 6.07) is 5.74. The minimum Gasteiger partial charge on any atom is -0.350 e. The summed E-state index contributed by atoms with van der Waals surface area (Å²) in [4.78, 5) is 0. The number of hydrogen-bond acceptors (Lipinski definition) is 1. The van der Waals surface area contributed by atoms with Crippen molar-refractivity contribution in [1.29, 1.82) is 0 Å². The number of nitrogens with one attached hydrogen (secondary N) is 1. The molecule has 0 amide bonds. The second-order valence-electron chi connectivity index (χ2n) is 5.61. The molecule has 0 aliphatic heterocycles. The molecule has 0 atom stereocenters. The third kappa shape index (κ3) is 2.66. The quantitative estimate of drug-likeness (QED) is 0.891. The Morgan fingerprint density at radius 2 is 2.11 bits per heavy atom. The highest BCUT2D eigenvalue weighted by molar-refractivity contribution is 5.84. The van der Waals surface area contributed by atoms with Gasteiger partial charge in [0.1, 0.15) is 5.82 Å². The lowest BCUT2D eigenvalue weighted by Gasteiger charge is -2.10. The number of fused-ring (bicyclic) bond motifs is 1. The van der Waals surface area contributed by atoms with Gasteiger partial charge in [-0.1, -0.05) is 12.8 Å². The SMILES string of the molecule is Cn1cc(CCNC2CCCC2)c2cc(F)ccc21. The van der Waals surface area contributed by atoms with Gasteiger partial charge in [-0.15, -0.1) is 0 Å². The minimum absolute atomic E-state index is 0.149. The van der Waals surface area contributed by atoms with Gasteiger partial charge in [0.25, 0.3) is 0 Å². The van der Waals surface area contributed by atoms with E-state index >= 15 is 0 Å².